The maximum Gasteiger partial charge on any atom is 0.331 e. The van der Waals surface area contributed by atoms with Gasteiger partial charge >= 0.3 is 5.69 Å². The summed E-state index contributed by atoms with van der Waals surface area (Å²) in [6, 6.07) is 8.34. The molecule has 142 valence electrons. The number of benzene rings is 1. The van der Waals surface area contributed by atoms with E-state index in [2.05, 4.69) is 15.5 Å². The van der Waals surface area contributed by atoms with Gasteiger partial charge in [-0.25, -0.2) is 10.2 Å². The number of hydrazone groups is 1. The first kappa shape index (κ1) is 18.6. The molecule has 1 aliphatic carbocycles. The van der Waals surface area contributed by atoms with Crippen molar-refractivity contribution in [2.75, 3.05) is 0 Å². The Balaban J connectivity index is 1.92. The van der Waals surface area contributed by atoms with Crippen molar-refractivity contribution in [3.05, 3.63) is 62.3 Å². The molecular weight excluding hydrogens is 348 g/mol. The number of carbonyl (C=O) groups is 1. The van der Waals surface area contributed by atoms with Crippen molar-refractivity contribution in [3.63, 3.8) is 0 Å². The van der Waals surface area contributed by atoms with Gasteiger partial charge in [-0.3, -0.25) is 19.1 Å². The molecule has 1 aliphatic rings. The fraction of sp³-hybridized carbons (Fsp3) is 0.368. The molecule has 0 saturated heterocycles. The van der Waals surface area contributed by atoms with Gasteiger partial charge in [0.2, 0.25) is 5.88 Å². The Labute approximate surface area is 155 Å². The number of hydrogen-bond donors (Lipinski definition) is 3. The van der Waals surface area contributed by atoms with E-state index in [1.807, 2.05) is 0 Å². The third-order valence-corrected chi connectivity index (χ3v) is 4.78. The summed E-state index contributed by atoms with van der Waals surface area (Å²) >= 11 is 0. The first-order valence-corrected chi connectivity index (χ1v) is 8.97. The highest BCUT2D eigenvalue weighted by molar-refractivity contribution is 6.02. The zero-order valence-electron chi connectivity index (χ0n) is 15.1. The van der Waals surface area contributed by atoms with Gasteiger partial charge in [0.15, 0.2) is 0 Å². The van der Waals surface area contributed by atoms with Crippen molar-refractivity contribution in [3.8, 4) is 5.88 Å². The molecular formula is C19H22N4O4. The first-order valence-electron chi connectivity index (χ1n) is 8.97. The molecule has 3 rings (SSSR count). The Morgan fingerprint density at radius 1 is 1.19 bits per heavy atom. The summed E-state index contributed by atoms with van der Waals surface area (Å²) in [6.07, 6.45) is 4.55. The number of nitrogens with zero attached hydrogens (tertiary/aromatic N) is 2. The predicted molar refractivity (Wildman–Crippen MR) is 101 cm³/mol. The summed E-state index contributed by atoms with van der Waals surface area (Å²) in [5, 5.41) is 14.5. The molecule has 0 unspecified atom stereocenters. The lowest BCUT2D eigenvalue weighted by molar-refractivity contribution is 0.0955. The van der Waals surface area contributed by atoms with Gasteiger partial charge in [0.1, 0.15) is 5.56 Å². The summed E-state index contributed by atoms with van der Waals surface area (Å²) < 4.78 is 1.23. The van der Waals surface area contributed by atoms with Crippen molar-refractivity contribution in [1.82, 2.24) is 15.0 Å². The number of rotatable bonds is 4. The quantitative estimate of drug-likeness (QED) is 0.563. The normalized spacial score (nSPS) is 15.5. The van der Waals surface area contributed by atoms with Gasteiger partial charge in [0, 0.05) is 11.6 Å². The predicted octanol–water partition coefficient (Wildman–Crippen LogP) is 1.90. The minimum Gasteiger partial charge on any atom is -0.494 e. The minimum absolute atomic E-state index is 0.114. The number of amides is 1. The van der Waals surface area contributed by atoms with Crippen LogP contribution in [0.1, 0.15) is 61.0 Å². The van der Waals surface area contributed by atoms with Crippen molar-refractivity contribution >= 4 is 11.6 Å². The van der Waals surface area contributed by atoms with E-state index in [9.17, 15) is 19.5 Å². The fourth-order valence-corrected chi connectivity index (χ4v) is 3.39. The third kappa shape index (κ3) is 3.99. The average molecular weight is 370 g/mol. The van der Waals surface area contributed by atoms with Gasteiger partial charge < -0.3 is 5.11 Å². The van der Waals surface area contributed by atoms with Crippen LogP contribution in [-0.2, 0) is 0 Å². The standard InChI is InChI=1S/C19H22N4O4/c1-12(21-22-16(24)13-8-4-2-5-9-13)15-17(25)20-19(27)23(18(15)26)14-10-6-3-7-11-14/h2,4-5,8-9,14,26H,3,6-7,10-11H2,1H3,(H,22,24)(H,20,25,27). The Hall–Kier alpha value is -3.16. The van der Waals surface area contributed by atoms with Crippen LogP contribution in [0.3, 0.4) is 0 Å². The summed E-state index contributed by atoms with van der Waals surface area (Å²) in [4.78, 5) is 38.8. The Bertz CT molecular complexity index is 969. The second-order valence-corrected chi connectivity index (χ2v) is 6.62. The number of H-pyrrole nitrogens is 1. The van der Waals surface area contributed by atoms with Crippen LogP contribution in [0, 0.1) is 0 Å². The molecule has 0 aliphatic heterocycles. The van der Waals surface area contributed by atoms with Gasteiger partial charge in [-0.05, 0) is 31.9 Å². The second-order valence-electron chi connectivity index (χ2n) is 6.62. The largest absolute Gasteiger partial charge is 0.494 e. The van der Waals surface area contributed by atoms with Crippen LogP contribution in [0.4, 0.5) is 0 Å². The van der Waals surface area contributed by atoms with Crippen LogP contribution >= 0.6 is 0 Å². The van der Waals surface area contributed by atoms with Crippen LogP contribution < -0.4 is 16.7 Å². The number of aromatic nitrogens is 2. The highest BCUT2D eigenvalue weighted by Gasteiger charge is 2.24. The molecule has 2 aromatic rings. The highest BCUT2D eigenvalue weighted by Crippen LogP contribution is 2.30. The van der Waals surface area contributed by atoms with Gasteiger partial charge in [-0.15, -0.1) is 0 Å². The first-order chi connectivity index (χ1) is 13.0. The van der Waals surface area contributed by atoms with E-state index in [0.29, 0.717) is 5.56 Å². The topological polar surface area (TPSA) is 117 Å². The lowest BCUT2D eigenvalue weighted by atomic mass is 9.95. The second kappa shape index (κ2) is 8.03. The Morgan fingerprint density at radius 3 is 2.52 bits per heavy atom. The Morgan fingerprint density at radius 2 is 1.85 bits per heavy atom. The van der Waals surface area contributed by atoms with E-state index in [1.165, 1.54) is 11.5 Å². The third-order valence-electron chi connectivity index (χ3n) is 4.78. The zero-order chi connectivity index (χ0) is 19.4. The smallest absolute Gasteiger partial charge is 0.331 e. The molecule has 0 atom stereocenters. The zero-order valence-corrected chi connectivity index (χ0v) is 15.1. The Kier molecular flexibility index (Phi) is 5.54. The molecule has 27 heavy (non-hydrogen) atoms. The van der Waals surface area contributed by atoms with Crippen LogP contribution in [-0.4, -0.2) is 26.3 Å². The van der Waals surface area contributed by atoms with E-state index in [1.54, 1.807) is 30.3 Å². The fourth-order valence-electron chi connectivity index (χ4n) is 3.39. The molecule has 1 aromatic heterocycles. The molecule has 1 saturated carbocycles. The number of nitrogens with one attached hydrogen (secondary N) is 2. The van der Waals surface area contributed by atoms with E-state index < -0.39 is 23.0 Å². The van der Waals surface area contributed by atoms with Crippen molar-refractivity contribution in [2.45, 2.75) is 45.1 Å². The molecule has 3 N–H and O–H groups in total. The summed E-state index contributed by atoms with van der Waals surface area (Å²) in [7, 11) is 0. The maximum absolute atomic E-state index is 12.2. The van der Waals surface area contributed by atoms with Crippen LogP contribution in [0.15, 0.2) is 45.0 Å². The van der Waals surface area contributed by atoms with Gasteiger partial charge in [0.05, 0.1) is 5.71 Å². The summed E-state index contributed by atoms with van der Waals surface area (Å²) in [5.74, 6) is -0.850. The van der Waals surface area contributed by atoms with E-state index >= 15 is 0 Å². The van der Waals surface area contributed by atoms with E-state index in [4.69, 9.17) is 0 Å². The minimum atomic E-state index is -0.736. The van der Waals surface area contributed by atoms with Crippen LogP contribution in [0.2, 0.25) is 0 Å². The number of aromatic amines is 1. The lowest BCUT2D eigenvalue weighted by Gasteiger charge is -2.25. The average Bonchev–Trinajstić information content (AvgIpc) is 2.67. The molecule has 8 nitrogen and oxygen atoms in total. The monoisotopic (exact) mass is 370 g/mol. The molecule has 8 heteroatoms. The van der Waals surface area contributed by atoms with Gasteiger partial charge in [0.25, 0.3) is 11.5 Å². The van der Waals surface area contributed by atoms with Crippen molar-refractivity contribution in [2.24, 2.45) is 5.10 Å². The molecule has 0 radical (unpaired) electrons. The summed E-state index contributed by atoms with van der Waals surface area (Å²) in [5.41, 5.74) is 1.41. The van der Waals surface area contributed by atoms with Gasteiger partial charge in [-0.2, -0.15) is 5.10 Å². The molecule has 1 fully saturated rings. The number of aromatic hydroxyl groups is 1. The number of hydrogen-bond acceptors (Lipinski definition) is 5. The SMILES string of the molecule is CC(=NNC(=O)c1ccccc1)c1c(O)n(C2CCCCC2)c(=O)[nH]c1=O. The summed E-state index contributed by atoms with van der Waals surface area (Å²) in [6.45, 7) is 1.49. The lowest BCUT2D eigenvalue weighted by Crippen LogP contribution is -2.36. The molecule has 0 bridgehead atoms. The highest BCUT2D eigenvalue weighted by atomic mass is 16.3. The number of carbonyl (C=O) groups excluding carboxylic acids is 1. The van der Waals surface area contributed by atoms with E-state index in [0.717, 1.165) is 32.1 Å². The molecule has 1 aromatic carbocycles. The van der Waals surface area contributed by atoms with Gasteiger partial charge in [-0.1, -0.05) is 37.5 Å². The van der Waals surface area contributed by atoms with E-state index in [-0.39, 0.29) is 17.3 Å². The van der Waals surface area contributed by atoms with Crippen molar-refractivity contribution in [1.29, 1.82) is 0 Å². The van der Waals surface area contributed by atoms with Crippen LogP contribution in [0.25, 0.3) is 0 Å². The molecule has 1 amide bonds. The molecule has 1 heterocycles. The maximum atomic E-state index is 12.2. The molecule has 0 spiro atoms. The van der Waals surface area contributed by atoms with Crippen LogP contribution in [0.5, 0.6) is 5.88 Å². The van der Waals surface area contributed by atoms with Crippen molar-refractivity contribution < 1.29 is 9.90 Å².